The van der Waals surface area contributed by atoms with Crippen molar-refractivity contribution in [1.82, 2.24) is 24.8 Å². The van der Waals surface area contributed by atoms with Gasteiger partial charge in [-0.2, -0.15) is 0 Å². The predicted octanol–water partition coefficient (Wildman–Crippen LogP) is 2.35. The topological polar surface area (TPSA) is 110 Å². The second-order valence-corrected chi connectivity index (χ2v) is 9.06. The van der Waals surface area contributed by atoms with Crippen molar-refractivity contribution < 1.29 is 23.4 Å². The monoisotopic (exact) mass is 523 g/mol. The molecule has 38 heavy (non-hydrogen) atoms. The molecule has 0 aliphatic carbocycles. The number of rotatable bonds is 10. The van der Waals surface area contributed by atoms with Crippen LogP contribution in [0.3, 0.4) is 0 Å². The van der Waals surface area contributed by atoms with E-state index in [1.165, 1.54) is 12.4 Å². The second kappa shape index (κ2) is 11.9. The first-order chi connectivity index (χ1) is 18.2. The summed E-state index contributed by atoms with van der Waals surface area (Å²) in [7, 11) is 3.72. The minimum absolute atomic E-state index is 0.0756. The molecule has 1 amide bonds. The molecule has 2 heterocycles. The summed E-state index contributed by atoms with van der Waals surface area (Å²) in [6, 6.07) is 10.4. The van der Waals surface area contributed by atoms with Gasteiger partial charge in [0.2, 0.25) is 0 Å². The van der Waals surface area contributed by atoms with E-state index in [0.29, 0.717) is 28.8 Å². The van der Waals surface area contributed by atoms with E-state index in [1.807, 2.05) is 25.1 Å². The minimum atomic E-state index is -1.03. The molecule has 11 heteroatoms. The number of nitrogens with one attached hydrogen (secondary N) is 1. The maximum atomic E-state index is 13.5. The van der Waals surface area contributed by atoms with Crippen LogP contribution in [0.15, 0.2) is 66.0 Å². The lowest BCUT2D eigenvalue weighted by Gasteiger charge is -2.17. The summed E-state index contributed by atoms with van der Waals surface area (Å²) >= 11 is 0. The van der Waals surface area contributed by atoms with Gasteiger partial charge in [-0.05, 0) is 55.6 Å². The molecule has 0 radical (unpaired) electrons. The number of carbonyl (C=O) groups excluding carboxylic acids is 1. The van der Waals surface area contributed by atoms with Crippen molar-refractivity contribution in [3.8, 4) is 5.75 Å². The van der Waals surface area contributed by atoms with Crippen molar-refractivity contribution in [2.75, 3.05) is 27.2 Å². The van der Waals surface area contributed by atoms with Gasteiger partial charge in [-0.15, -0.1) is 0 Å². The van der Waals surface area contributed by atoms with Gasteiger partial charge < -0.3 is 20.1 Å². The molecule has 9 nitrogen and oxygen atoms in total. The van der Waals surface area contributed by atoms with Crippen LogP contribution in [0, 0.1) is 11.6 Å². The molecule has 0 aliphatic rings. The van der Waals surface area contributed by atoms with Gasteiger partial charge in [-0.25, -0.2) is 13.8 Å². The zero-order valence-corrected chi connectivity index (χ0v) is 20.9. The van der Waals surface area contributed by atoms with Gasteiger partial charge in [0.05, 0.1) is 18.4 Å². The summed E-state index contributed by atoms with van der Waals surface area (Å²) in [5.74, 6) is -2.09. The number of hydrogen-bond acceptors (Lipinski definition) is 7. The van der Waals surface area contributed by atoms with Crippen LogP contribution in [-0.2, 0) is 13.1 Å². The zero-order valence-electron chi connectivity index (χ0n) is 20.9. The highest BCUT2D eigenvalue weighted by molar-refractivity contribution is 5.93. The van der Waals surface area contributed by atoms with Crippen LogP contribution < -0.4 is 15.6 Å². The molecule has 0 spiro atoms. The number of benzene rings is 2. The fourth-order valence-corrected chi connectivity index (χ4v) is 3.90. The number of halogens is 2. The Balaban J connectivity index is 1.46. The molecular formula is C27H27F2N5O4. The summed E-state index contributed by atoms with van der Waals surface area (Å²) in [5.41, 5.74) is 0.978. The van der Waals surface area contributed by atoms with E-state index in [0.717, 1.165) is 28.5 Å². The van der Waals surface area contributed by atoms with Crippen molar-refractivity contribution >= 4 is 16.8 Å². The summed E-state index contributed by atoms with van der Waals surface area (Å²) in [5, 5.41) is 13.5. The average molecular weight is 524 g/mol. The highest BCUT2D eigenvalue weighted by Gasteiger charge is 2.15. The van der Waals surface area contributed by atoms with Gasteiger partial charge in [0.1, 0.15) is 24.0 Å². The molecule has 2 N–H and O–H groups in total. The molecule has 2 aromatic heterocycles. The number of aliphatic hydroxyl groups excluding tert-OH is 1. The van der Waals surface area contributed by atoms with Crippen LogP contribution in [0.25, 0.3) is 10.9 Å². The smallest absolute Gasteiger partial charge is 0.266 e. The fourth-order valence-electron chi connectivity index (χ4n) is 3.90. The third-order valence-corrected chi connectivity index (χ3v) is 5.71. The maximum absolute atomic E-state index is 13.5. The van der Waals surface area contributed by atoms with Crippen LogP contribution in [0.1, 0.15) is 21.5 Å². The van der Waals surface area contributed by atoms with Gasteiger partial charge in [-0.1, -0.05) is 12.1 Å². The van der Waals surface area contributed by atoms with Gasteiger partial charge >= 0.3 is 0 Å². The Morgan fingerprint density at radius 2 is 1.92 bits per heavy atom. The van der Waals surface area contributed by atoms with Crippen molar-refractivity contribution in [2.24, 2.45) is 0 Å². The number of ether oxygens (including phenoxy) is 1. The van der Waals surface area contributed by atoms with Crippen molar-refractivity contribution in [1.29, 1.82) is 0 Å². The summed E-state index contributed by atoms with van der Waals surface area (Å²) in [4.78, 5) is 35.8. The van der Waals surface area contributed by atoms with Crippen molar-refractivity contribution in [3.05, 3.63) is 99.9 Å². The molecule has 0 aliphatic heterocycles. The van der Waals surface area contributed by atoms with E-state index < -0.39 is 29.2 Å². The molecule has 198 valence electrons. The number of hydrogen-bond donors (Lipinski definition) is 2. The van der Waals surface area contributed by atoms with Crippen LogP contribution in [0.2, 0.25) is 0 Å². The van der Waals surface area contributed by atoms with Crippen LogP contribution in [0.4, 0.5) is 8.78 Å². The number of aliphatic hydroxyl groups is 1. The molecule has 0 fully saturated rings. The third-order valence-electron chi connectivity index (χ3n) is 5.71. The number of pyridine rings is 1. The van der Waals surface area contributed by atoms with Crippen LogP contribution in [0.5, 0.6) is 5.75 Å². The SMILES string of the molecule is CN(C)CC(O)COc1ccnc2ccc(CNC(=O)c3cncn(Cc4ccc(F)c(F)c4)c3=O)cc12. The lowest BCUT2D eigenvalue weighted by molar-refractivity contribution is 0.0837. The number of likely N-dealkylation sites (N-methyl/N-ethyl adjacent to an activating group) is 1. The summed E-state index contributed by atoms with van der Waals surface area (Å²) in [6.07, 6.45) is 3.34. The Bertz CT molecular complexity index is 1510. The number of nitrogens with zero attached hydrogens (tertiary/aromatic N) is 4. The Hall–Kier alpha value is -4.22. The Morgan fingerprint density at radius 1 is 1.13 bits per heavy atom. The molecular weight excluding hydrogens is 496 g/mol. The first-order valence-corrected chi connectivity index (χ1v) is 11.8. The first kappa shape index (κ1) is 26.8. The van der Waals surface area contributed by atoms with Crippen molar-refractivity contribution in [2.45, 2.75) is 19.2 Å². The summed E-state index contributed by atoms with van der Waals surface area (Å²) in [6.45, 7) is 0.602. The minimum Gasteiger partial charge on any atom is -0.490 e. The molecule has 0 saturated carbocycles. The largest absolute Gasteiger partial charge is 0.490 e. The lowest BCUT2D eigenvalue weighted by atomic mass is 10.1. The van der Waals surface area contributed by atoms with Gasteiger partial charge in [0.15, 0.2) is 11.6 Å². The van der Waals surface area contributed by atoms with Gasteiger partial charge in [-0.3, -0.25) is 19.1 Å². The number of amides is 1. The zero-order chi connectivity index (χ0) is 27.2. The van der Waals surface area contributed by atoms with E-state index in [1.54, 1.807) is 24.4 Å². The van der Waals surface area contributed by atoms with Crippen molar-refractivity contribution in [3.63, 3.8) is 0 Å². The highest BCUT2D eigenvalue weighted by atomic mass is 19.2. The highest BCUT2D eigenvalue weighted by Crippen LogP contribution is 2.25. The third kappa shape index (κ3) is 6.55. The normalized spacial score (nSPS) is 12.1. The fraction of sp³-hybridized carbons (Fsp3) is 0.259. The number of carbonyl (C=O) groups is 1. The molecule has 2 aromatic carbocycles. The standard InChI is InChI=1S/C27H27F2N5O4/c1-33(2)14-19(35)15-38-25-7-8-31-24-6-4-17(9-20(24)25)11-32-26(36)21-12-30-16-34(27(21)37)13-18-3-5-22(28)23(29)10-18/h3-10,12,16,19,35H,11,13-15H2,1-2H3,(H,32,36). The molecule has 0 bridgehead atoms. The van der Waals surface area contributed by atoms with E-state index >= 15 is 0 Å². The van der Waals surface area contributed by atoms with Gasteiger partial charge in [0.25, 0.3) is 11.5 Å². The van der Waals surface area contributed by atoms with E-state index in [4.69, 9.17) is 4.74 Å². The molecule has 1 unspecified atom stereocenters. The number of aromatic nitrogens is 3. The molecule has 1 atom stereocenters. The molecule has 0 saturated heterocycles. The summed E-state index contributed by atoms with van der Waals surface area (Å²) < 4.78 is 33.7. The number of fused-ring (bicyclic) bond motifs is 1. The maximum Gasteiger partial charge on any atom is 0.266 e. The Labute approximate surface area is 217 Å². The van der Waals surface area contributed by atoms with E-state index in [-0.39, 0.29) is 25.3 Å². The molecule has 4 aromatic rings. The van der Waals surface area contributed by atoms with E-state index in [9.17, 15) is 23.5 Å². The Morgan fingerprint density at radius 3 is 2.68 bits per heavy atom. The Kier molecular flexibility index (Phi) is 8.39. The van der Waals surface area contributed by atoms with Crippen LogP contribution >= 0.6 is 0 Å². The average Bonchev–Trinajstić information content (AvgIpc) is 2.89. The molecule has 4 rings (SSSR count). The first-order valence-electron chi connectivity index (χ1n) is 11.8. The van der Waals surface area contributed by atoms with Gasteiger partial charge in [0, 0.05) is 30.9 Å². The van der Waals surface area contributed by atoms with E-state index in [2.05, 4.69) is 15.3 Å². The predicted molar refractivity (Wildman–Crippen MR) is 137 cm³/mol. The lowest BCUT2D eigenvalue weighted by Crippen LogP contribution is -2.33. The quantitative estimate of drug-likeness (QED) is 0.328. The van der Waals surface area contributed by atoms with Crippen LogP contribution in [-0.4, -0.2) is 63.8 Å². The second-order valence-electron chi connectivity index (χ2n) is 9.06.